The van der Waals surface area contributed by atoms with Crippen LogP contribution in [0.1, 0.15) is 52.7 Å². The molecule has 4 nitrogen and oxygen atoms in total. The number of piperazine rings is 1. The van der Waals surface area contributed by atoms with Gasteiger partial charge >= 0.3 is 0 Å². The fourth-order valence-electron chi connectivity index (χ4n) is 3.05. The van der Waals surface area contributed by atoms with Gasteiger partial charge in [-0.15, -0.1) is 0 Å². The lowest BCUT2D eigenvalue weighted by Crippen LogP contribution is -2.46. The summed E-state index contributed by atoms with van der Waals surface area (Å²) in [6.07, 6.45) is 6.45. The van der Waals surface area contributed by atoms with Gasteiger partial charge in [0.15, 0.2) is 0 Å². The molecule has 0 atom stereocenters. The minimum absolute atomic E-state index is 1.04. The van der Waals surface area contributed by atoms with Gasteiger partial charge in [0.2, 0.25) is 0 Å². The van der Waals surface area contributed by atoms with E-state index in [9.17, 15) is 0 Å². The zero-order chi connectivity index (χ0) is 19.0. The van der Waals surface area contributed by atoms with Gasteiger partial charge in [0, 0.05) is 37.9 Å². The molecule has 1 fully saturated rings. The van der Waals surface area contributed by atoms with Crippen LogP contribution in [0.5, 0.6) is 0 Å². The van der Waals surface area contributed by atoms with E-state index in [2.05, 4.69) is 45.3 Å². The molecule has 1 aliphatic rings. The minimum Gasteiger partial charge on any atom is -0.369 e. The molecule has 0 bridgehead atoms. The number of aromatic nitrogens is 1. The maximum atomic E-state index is 4.85. The summed E-state index contributed by atoms with van der Waals surface area (Å²) in [5, 5.41) is 3.95. The van der Waals surface area contributed by atoms with Crippen molar-refractivity contribution in [1.29, 1.82) is 0 Å². The third kappa shape index (κ3) is 8.05. The van der Waals surface area contributed by atoms with Crippen molar-refractivity contribution in [3.63, 3.8) is 0 Å². The van der Waals surface area contributed by atoms with Gasteiger partial charge in [-0.25, -0.2) is 0 Å². The van der Waals surface area contributed by atoms with Gasteiger partial charge < -0.3 is 9.42 Å². The van der Waals surface area contributed by atoms with E-state index in [1.54, 1.807) is 6.26 Å². The van der Waals surface area contributed by atoms with E-state index in [0.717, 1.165) is 25.2 Å². The van der Waals surface area contributed by atoms with E-state index in [1.165, 1.54) is 44.6 Å². The molecule has 26 heavy (non-hydrogen) atoms. The Morgan fingerprint density at radius 1 is 0.846 bits per heavy atom. The summed E-state index contributed by atoms with van der Waals surface area (Å²) in [5.74, 6) is 0. The predicted octanol–water partition coefficient (Wildman–Crippen LogP) is 5.26. The van der Waals surface area contributed by atoms with Crippen LogP contribution >= 0.6 is 0 Å². The molecule has 0 N–H and O–H groups in total. The number of para-hydroxylation sites is 1. The van der Waals surface area contributed by atoms with Gasteiger partial charge in [-0.05, 0) is 37.9 Å². The summed E-state index contributed by atoms with van der Waals surface area (Å²) < 4.78 is 4.85. The Morgan fingerprint density at radius 3 is 2.15 bits per heavy atom. The Labute approximate surface area is 160 Å². The summed E-state index contributed by atoms with van der Waals surface area (Å²) in [6.45, 7) is 13.9. The maximum Gasteiger partial charge on any atom is 0.124 e. The van der Waals surface area contributed by atoms with Crippen molar-refractivity contribution in [3.8, 4) is 0 Å². The molecule has 0 unspecified atom stereocenters. The summed E-state index contributed by atoms with van der Waals surface area (Å²) in [4.78, 5) is 5.08. The summed E-state index contributed by atoms with van der Waals surface area (Å²) in [5.41, 5.74) is 2.44. The highest BCUT2D eigenvalue weighted by Crippen LogP contribution is 2.16. The molecular weight excluding hydrogens is 322 g/mol. The van der Waals surface area contributed by atoms with E-state index in [-0.39, 0.29) is 0 Å². The quantitative estimate of drug-likeness (QED) is 0.631. The fraction of sp³-hybridized carbons (Fsp3) is 0.591. The van der Waals surface area contributed by atoms with Crippen LogP contribution in [0.25, 0.3) is 0 Å². The molecular formula is C22H37N3O. The Balaban J connectivity index is 0.000000791. The van der Waals surface area contributed by atoms with Gasteiger partial charge in [-0.3, -0.25) is 4.90 Å². The van der Waals surface area contributed by atoms with Crippen LogP contribution in [0.4, 0.5) is 5.69 Å². The largest absolute Gasteiger partial charge is 0.369 e. The second-order valence-electron chi connectivity index (χ2n) is 5.97. The molecule has 4 heteroatoms. The van der Waals surface area contributed by atoms with E-state index in [1.807, 2.05) is 33.8 Å². The van der Waals surface area contributed by atoms with Crippen molar-refractivity contribution in [2.24, 2.45) is 0 Å². The van der Waals surface area contributed by atoms with Crippen LogP contribution in [-0.2, 0) is 6.42 Å². The zero-order valence-electron chi connectivity index (χ0n) is 17.2. The topological polar surface area (TPSA) is 32.5 Å². The molecule has 0 radical (unpaired) electrons. The first kappa shape index (κ1) is 22.2. The number of nitrogens with zero attached hydrogens (tertiary/aromatic N) is 3. The summed E-state index contributed by atoms with van der Waals surface area (Å²) in [6, 6.07) is 12.7. The third-order valence-corrected chi connectivity index (χ3v) is 4.39. The summed E-state index contributed by atoms with van der Waals surface area (Å²) >= 11 is 0. The van der Waals surface area contributed by atoms with E-state index in [4.69, 9.17) is 4.52 Å². The average molecular weight is 360 g/mol. The summed E-state index contributed by atoms with van der Waals surface area (Å²) in [7, 11) is 0. The lowest BCUT2D eigenvalue weighted by atomic mass is 10.1. The molecule has 1 aromatic carbocycles. The predicted molar refractivity (Wildman–Crippen MR) is 112 cm³/mol. The van der Waals surface area contributed by atoms with Crippen LogP contribution in [0.3, 0.4) is 0 Å². The average Bonchev–Trinajstić information content (AvgIpc) is 3.25. The molecule has 0 amide bonds. The SMILES string of the molecule is CC.CC.c1ccc(N2CCN(CCCCCc3ccon3)CC2)cc1. The second kappa shape index (κ2) is 14.4. The minimum atomic E-state index is 1.04. The lowest BCUT2D eigenvalue weighted by Gasteiger charge is -2.36. The Kier molecular flexibility index (Phi) is 12.3. The third-order valence-electron chi connectivity index (χ3n) is 4.39. The maximum absolute atomic E-state index is 4.85. The molecule has 1 saturated heterocycles. The van der Waals surface area contributed by atoms with Crippen LogP contribution in [0.15, 0.2) is 47.2 Å². The molecule has 0 aliphatic carbocycles. The number of hydrogen-bond acceptors (Lipinski definition) is 4. The Bertz CT molecular complexity index is 520. The molecule has 1 aliphatic heterocycles. The Hall–Kier alpha value is -1.81. The molecule has 2 heterocycles. The van der Waals surface area contributed by atoms with E-state index < -0.39 is 0 Å². The van der Waals surface area contributed by atoms with Crippen molar-refractivity contribution < 1.29 is 4.52 Å². The highest BCUT2D eigenvalue weighted by Gasteiger charge is 2.16. The molecule has 1 aromatic heterocycles. The number of unbranched alkanes of at least 4 members (excludes halogenated alkanes) is 2. The van der Waals surface area contributed by atoms with E-state index in [0.29, 0.717) is 0 Å². The lowest BCUT2D eigenvalue weighted by molar-refractivity contribution is 0.252. The zero-order valence-corrected chi connectivity index (χ0v) is 17.2. The highest BCUT2D eigenvalue weighted by atomic mass is 16.5. The number of aryl methyl sites for hydroxylation is 1. The molecule has 2 aromatic rings. The van der Waals surface area contributed by atoms with Gasteiger partial charge in [0.25, 0.3) is 0 Å². The Morgan fingerprint density at radius 2 is 1.54 bits per heavy atom. The van der Waals surface area contributed by atoms with Gasteiger partial charge in [-0.1, -0.05) is 57.5 Å². The second-order valence-corrected chi connectivity index (χ2v) is 5.97. The highest BCUT2D eigenvalue weighted by molar-refractivity contribution is 5.46. The van der Waals surface area contributed by atoms with Crippen molar-refractivity contribution in [3.05, 3.63) is 48.4 Å². The number of benzene rings is 1. The number of hydrogen-bond donors (Lipinski definition) is 0. The fourth-order valence-corrected chi connectivity index (χ4v) is 3.05. The first-order valence-corrected chi connectivity index (χ1v) is 10.3. The normalized spacial score (nSPS) is 14.1. The van der Waals surface area contributed by atoms with Gasteiger partial charge in [0.05, 0.1) is 5.69 Å². The van der Waals surface area contributed by atoms with Crippen molar-refractivity contribution >= 4 is 5.69 Å². The molecule has 146 valence electrons. The van der Waals surface area contributed by atoms with Gasteiger partial charge in [0.1, 0.15) is 6.26 Å². The van der Waals surface area contributed by atoms with Gasteiger partial charge in [-0.2, -0.15) is 0 Å². The molecule has 3 rings (SSSR count). The monoisotopic (exact) mass is 359 g/mol. The van der Waals surface area contributed by atoms with E-state index >= 15 is 0 Å². The van der Waals surface area contributed by atoms with Crippen LogP contribution < -0.4 is 4.90 Å². The van der Waals surface area contributed by atoms with Crippen LogP contribution in [0, 0.1) is 0 Å². The first-order chi connectivity index (χ1) is 12.9. The molecule has 0 saturated carbocycles. The standard InChI is InChI=1S/C18H25N3O.2C2H6/c1-4-8-18(9-5-1)21-14-12-20(13-15-21)11-6-2-3-7-17-10-16-22-19-17;2*1-2/h1,4-5,8-10,16H,2-3,6-7,11-15H2;2*1-2H3. The van der Waals surface area contributed by atoms with Crippen molar-refractivity contribution in [1.82, 2.24) is 10.1 Å². The number of rotatable bonds is 7. The molecule has 0 spiro atoms. The van der Waals surface area contributed by atoms with Crippen LogP contribution in [-0.4, -0.2) is 42.8 Å². The number of anilines is 1. The van der Waals surface area contributed by atoms with Crippen molar-refractivity contribution in [2.75, 3.05) is 37.6 Å². The first-order valence-electron chi connectivity index (χ1n) is 10.3. The van der Waals surface area contributed by atoms with Crippen molar-refractivity contribution in [2.45, 2.75) is 53.4 Å². The van der Waals surface area contributed by atoms with Crippen LogP contribution in [0.2, 0.25) is 0 Å². The smallest absolute Gasteiger partial charge is 0.124 e.